The number of aryl methyl sites for hydroxylation is 1. The second kappa shape index (κ2) is 11.5. The van der Waals surface area contributed by atoms with Crippen molar-refractivity contribution in [2.45, 2.75) is 39.0 Å². The number of benzene rings is 3. The largest absolute Gasteiger partial charge is 0.493 e. The van der Waals surface area contributed by atoms with Gasteiger partial charge in [-0.25, -0.2) is 4.39 Å². The third kappa shape index (κ3) is 6.70. The molecule has 0 aliphatic heterocycles. The summed E-state index contributed by atoms with van der Waals surface area (Å²) in [5.41, 5.74) is 3.00. The van der Waals surface area contributed by atoms with Crippen molar-refractivity contribution < 1.29 is 13.9 Å². The van der Waals surface area contributed by atoms with Gasteiger partial charge in [-0.05, 0) is 49.6 Å². The van der Waals surface area contributed by atoms with Gasteiger partial charge in [-0.15, -0.1) is 0 Å². The number of halogens is 3. The van der Waals surface area contributed by atoms with Gasteiger partial charge >= 0.3 is 0 Å². The Hall–Kier alpha value is -2.08. The average molecular weight is 507 g/mol. The summed E-state index contributed by atoms with van der Waals surface area (Å²) in [4.78, 5) is 0. The zero-order valence-corrected chi connectivity index (χ0v) is 20.0. The van der Waals surface area contributed by atoms with Crippen LogP contribution in [0.1, 0.15) is 30.0 Å². The molecule has 164 valence electrons. The maximum atomic E-state index is 13.3. The van der Waals surface area contributed by atoms with E-state index in [0.29, 0.717) is 34.7 Å². The van der Waals surface area contributed by atoms with Gasteiger partial charge < -0.3 is 14.8 Å². The van der Waals surface area contributed by atoms with E-state index in [4.69, 9.17) is 21.1 Å². The molecule has 1 atom stereocenters. The third-order valence-electron chi connectivity index (χ3n) is 5.11. The molecule has 6 heteroatoms. The SMILES string of the molecule is COc1ccc(Br)c(CNC(C)CCc2ccccc2)c1OCc1ccc(F)cc1Cl. The van der Waals surface area contributed by atoms with Crippen LogP contribution in [-0.2, 0) is 19.6 Å². The molecule has 0 aromatic heterocycles. The lowest BCUT2D eigenvalue weighted by molar-refractivity contribution is 0.280. The van der Waals surface area contributed by atoms with Crippen LogP contribution in [0.2, 0.25) is 5.02 Å². The predicted octanol–water partition coefficient (Wildman–Crippen LogP) is 6.94. The predicted molar refractivity (Wildman–Crippen MR) is 128 cm³/mol. The standard InChI is InChI=1S/C25H26BrClFNO2/c1-17(8-9-18-6-4-3-5-7-18)29-15-21-22(26)12-13-24(30-2)25(21)31-16-19-10-11-20(28)14-23(19)27/h3-7,10-14,17,29H,8-9,15-16H2,1-2H3. The summed E-state index contributed by atoms with van der Waals surface area (Å²) in [5, 5.41) is 3.91. The minimum Gasteiger partial charge on any atom is -0.493 e. The fourth-order valence-electron chi connectivity index (χ4n) is 3.26. The molecule has 0 bridgehead atoms. The van der Waals surface area contributed by atoms with Gasteiger partial charge in [0, 0.05) is 28.2 Å². The number of hydrogen-bond donors (Lipinski definition) is 1. The van der Waals surface area contributed by atoms with E-state index in [1.165, 1.54) is 17.7 Å². The highest BCUT2D eigenvalue weighted by Gasteiger charge is 2.16. The molecule has 31 heavy (non-hydrogen) atoms. The van der Waals surface area contributed by atoms with Gasteiger partial charge in [0.05, 0.1) is 12.1 Å². The molecular weight excluding hydrogens is 481 g/mol. The molecule has 3 aromatic rings. The van der Waals surface area contributed by atoms with E-state index in [1.54, 1.807) is 13.2 Å². The van der Waals surface area contributed by atoms with E-state index < -0.39 is 0 Å². The lowest BCUT2D eigenvalue weighted by atomic mass is 10.1. The number of ether oxygens (including phenoxy) is 2. The van der Waals surface area contributed by atoms with Crippen molar-refractivity contribution in [2.75, 3.05) is 7.11 Å². The fourth-order valence-corrected chi connectivity index (χ4v) is 3.94. The molecule has 0 aliphatic rings. The second-order valence-corrected chi connectivity index (χ2v) is 8.65. The van der Waals surface area contributed by atoms with Gasteiger partial charge in [0.15, 0.2) is 11.5 Å². The first-order valence-corrected chi connectivity index (χ1v) is 11.3. The molecule has 0 aliphatic carbocycles. The number of hydrogen-bond acceptors (Lipinski definition) is 3. The lowest BCUT2D eigenvalue weighted by Gasteiger charge is -2.20. The fraction of sp³-hybridized carbons (Fsp3) is 0.280. The maximum absolute atomic E-state index is 13.3. The van der Waals surface area contributed by atoms with Crippen molar-refractivity contribution in [3.63, 3.8) is 0 Å². The Labute approximate surface area is 196 Å². The highest BCUT2D eigenvalue weighted by molar-refractivity contribution is 9.10. The van der Waals surface area contributed by atoms with Crippen LogP contribution in [0.3, 0.4) is 0 Å². The normalized spacial score (nSPS) is 11.9. The van der Waals surface area contributed by atoms with Crippen molar-refractivity contribution in [1.82, 2.24) is 5.32 Å². The molecule has 0 radical (unpaired) electrons. The third-order valence-corrected chi connectivity index (χ3v) is 6.21. The van der Waals surface area contributed by atoms with Crippen molar-refractivity contribution in [2.24, 2.45) is 0 Å². The average Bonchev–Trinajstić information content (AvgIpc) is 2.77. The van der Waals surface area contributed by atoms with Crippen LogP contribution in [0.25, 0.3) is 0 Å². The zero-order chi connectivity index (χ0) is 22.2. The van der Waals surface area contributed by atoms with Crippen LogP contribution < -0.4 is 14.8 Å². The molecule has 0 saturated heterocycles. The van der Waals surface area contributed by atoms with Crippen LogP contribution in [0.5, 0.6) is 11.5 Å². The minimum absolute atomic E-state index is 0.211. The van der Waals surface area contributed by atoms with Crippen LogP contribution in [0, 0.1) is 5.82 Å². The van der Waals surface area contributed by atoms with E-state index in [-0.39, 0.29) is 12.4 Å². The molecule has 0 fully saturated rings. The van der Waals surface area contributed by atoms with E-state index >= 15 is 0 Å². The Balaban J connectivity index is 1.68. The van der Waals surface area contributed by atoms with Gasteiger partial charge in [0.25, 0.3) is 0 Å². The quantitative estimate of drug-likeness (QED) is 0.323. The number of methoxy groups -OCH3 is 1. The molecular formula is C25H26BrClFNO2. The molecule has 3 nitrogen and oxygen atoms in total. The molecule has 1 N–H and O–H groups in total. The summed E-state index contributed by atoms with van der Waals surface area (Å²) in [6, 6.07) is 18.9. The maximum Gasteiger partial charge on any atom is 0.167 e. The molecule has 3 rings (SSSR count). The summed E-state index contributed by atoms with van der Waals surface area (Å²) < 4.78 is 25.9. The first-order valence-electron chi connectivity index (χ1n) is 10.2. The summed E-state index contributed by atoms with van der Waals surface area (Å²) in [7, 11) is 1.61. The first-order chi connectivity index (χ1) is 15.0. The van der Waals surface area contributed by atoms with E-state index in [1.807, 2.05) is 18.2 Å². The Bertz CT molecular complexity index is 1000. The Kier molecular flexibility index (Phi) is 8.76. The Morgan fingerprint density at radius 2 is 1.87 bits per heavy atom. The van der Waals surface area contributed by atoms with Crippen molar-refractivity contribution in [3.05, 3.63) is 92.7 Å². The van der Waals surface area contributed by atoms with E-state index in [2.05, 4.69) is 52.4 Å². The molecule has 0 saturated carbocycles. The zero-order valence-electron chi connectivity index (χ0n) is 17.6. The molecule has 0 spiro atoms. The van der Waals surface area contributed by atoms with Gasteiger partial charge in [0.2, 0.25) is 0 Å². The summed E-state index contributed by atoms with van der Waals surface area (Å²) in [6.07, 6.45) is 2.04. The number of nitrogens with one attached hydrogen (secondary N) is 1. The van der Waals surface area contributed by atoms with Gasteiger partial charge in [0.1, 0.15) is 12.4 Å². The van der Waals surface area contributed by atoms with E-state index in [0.717, 1.165) is 22.9 Å². The summed E-state index contributed by atoms with van der Waals surface area (Å²) in [5.74, 6) is 0.901. The smallest absolute Gasteiger partial charge is 0.167 e. The van der Waals surface area contributed by atoms with Crippen LogP contribution in [-0.4, -0.2) is 13.2 Å². The molecule has 0 amide bonds. The second-order valence-electron chi connectivity index (χ2n) is 7.39. The van der Waals surface area contributed by atoms with Gasteiger partial charge in [-0.3, -0.25) is 0 Å². The molecule has 3 aromatic carbocycles. The highest BCUT2D eigenvalue weighted by Crippen LogP contribution is 2.37. The van der Waals surface area contributed by atoms with Crippen molar-refractivity contribution >= 4 is 27.5 Å². The van der Waals surface area contributed by atoms with Crippen LogP contribution >= 0.6 is 27.5 Å². The summed E-state index contributed by atoms with van der Waals surface area (Å²) in [6.45, 7) is 3.00. The van der Waals surface area contributed by atoms with Gasteiger partial charge in [-0.1, -0.05) is 63.9 Å². The first kappa shape index (κ1) is 23.6. The monoisotopic (exact) mass is 505 g/mol. The molecule has 1 unspecified atom stereocenters. The topological polar surface area (TPSA) is 30.5 Å². The summed E-state index contributed by atoms with van der Waals surface area (Å²) >= 11 is 9.79. The Morgan fingerprint density at radius 3 is 2.58 bits per heavy atom. The van der Waals surface area contributed by atoms with Crippen LogP contribution in [0.4, 0.5) is 4.39 Å². The lowest BCUT2D eigenvalue weighted by Crippen LogP contribution is -2.26. The van der Waals surface area contributed by atoms with Crippen LogP contribution in [0.15, 0.2) is 65.1 Å². The Morgan fingerprint density at radius 1 is 1.10 bits per heavy atom. The van der Waals surface area contributed by atoms with E-state index in [9.17, 15) is 4.39 Å². The number of rotatable bonds is 10. The van der Waals surface area contributed by atoms with Crippen molar-refractivity contribution in [3.8, 4) is 11.5 Å². The highest BCUT2D eigenvalue weighted by atomic mass is 79.9. The minimum atomic E-state index is -0.372. The van der Waals surface area contributed by atoms with Crippen molar-refractivity contribution in [1.29, 1.82) is 0 Å². The molecule has 0 heterocycles. The van der Waals surface area contributed by atoms with Gasteiger partial charge in [-0.2, -0.15) is 0 Å².